The Morgan fingerprint density at radius 2 is 2.16 bits per heavy atom. The Bertz CT molecular complexity index is 440. The van der Waals surface area contributed by atoms with Gasteiger partial charge in [-0.05, 0) is 50.0 Å². The van der Waals surface area contributed by atoms with Gasteiger partial charge in [0, 0.05) is 13.0 Å². The van der Waals surface area contributed by atoms with Crippen LogP contribution in [0.3, 0.4) is 0 Å². The first-order valence-electron chi connectivity index (χ1n) is 6.91. The van der Waals surface area contributed by atoms with E-state index >= 15 is 0 Å². The number of halogens is 2. The highest BCUT2D eigenvalue weighted by Crippen LogP contribution is 2.27. The molecule has 2 nitrogen and oxygen atoms in total. The van der Waals surface area contributed by atoms with Crippen molar-refractivity contribution < 1.29 is 9.50 Å². The van der Waals surface area contributed by atoms with Crippen LogP contribution in [0.15, 0.2) is 18.2 Å². The molecule has 1 aromatic carbocycles. The third-order valence-electron chi connectivity index (χ3n) is 3.97. The van der Waals surface area contributed by atoms with E-state index in [9.17, 15) is 9.50 Å². The lowest BCUT2D eigenvalue weighted by Crippen LogP contribution is -2.33. The molecule has 1 aromatic rings. The summed E-state index contributed by atoms with van der Waals surface area (Å²) in [5, 5.41) is 10.8. The van der Waals surface area contributed by atoms with Crippen molar-refractivity contribution in [2.45, 2.75) is 38.2 Å². The summed E-state index contributed by atoms with van der Waals surface area (Å²) in [6.45, 7) is 5.10. The van der Waals surface area contributed by atoms with Gasteiger partial charge in [0.05, 0.1) is 10.6 Å². The molecule has 1 unspecified atom stereocenters. The van der Waals surface area contributed by atoms with Gasteiger partial charge < -0.3 is 10.0 Å². The van der Waals surface area contributed by atoms with E-state index in [-0.39, 0.29) is 5.02 Å². The number of likely N-dealkylation sites (tertiary alicyclic amines) is 1. The summed E-state index contributed by atoms with van der Waals surface area (Å²) >= 11 is 5.68. The monoisotopic (exact) mass is 285 g/mol. The number of hydrogen-bond donors (Lipinski definition) is 1. The van der Waals surface area contributed by atoms with E-state index in [1.807, 2.05) is 0 Å². The summed E-state index contributed by atoms with van der Waals surface area (Å²) in [5.41, 5.74) is 0.0961. The SMILES string of the molecule is CCN1CCCC(O)(Cc2ccc(Cl)c(F)c2)CC1. The maximum Gasteiger partial charge on any atom is 0.142 e. The van der Waals surface area contributed by atoms with Gasteiger partial charge in [-0.2, -0.15) is 0 Å². The van der Waals surface area contributed by atoms with E-state index in [0.29, 0.717) is 6.42 Å². The molecule has 0 aromatic heterocycles. The summed E-state index contributed by atoms with van der Waals surface area (Å²) < 4.78 is 13.4. The molecule has 2 rings (SSSR count). The van der Waals surface area contributed by atoms with E-state index in [4.69, 9.17) is 11.6 Å². The first-order chi connectivity index (χ1) is 9.02. The Morgan fingerprint density at radius 3 is 2.84 bits per heavy atom. The number of hydrogen-bond acceptors (Lipinski definition) is 2. The second-order valence-corrected chi connectivity index (χ2v) is 5.84. The Labute approximate surface area is 119 Å². The molecule has 0 amide bonds. The average molecular weight is 286 g/mol. The van der Waals surface area contributed by atoms with Crippen LogP contribution in [0.5, 0.6) is 0 Å². The van der Waals surface area contributed by atoms with Crippen LogP contribution in [-0.4, -0.2) is 35.2 Å². The molecular weight excluding hydrogens is 265 g/mol. The molecule has 4 heteroatoms. The quantitative estimate of drug-likeness (QED) is 0.921. The molecule has 19 heavy (non-hydrogen) atoms. The fraction of sp³-hybridized carbons (Fsp3) is 0.600. The van der Waals surface area contributed by atoms with Crippen LogP contribution in [0.25, 0.3) is 0 Å². The van der Waals surface area contributed by atoms with E-state index in [1.165, 1.54) is 6.07 Å². The van der Waals surface area contributed by atoms with Gasteiger partial charge >= 0.3 is 0 Å². The average Bonchev–Trinajstić information content (AvgIpc) is 2.56. The number of aliphatic hydroxyl groups is 1. The molecule has 1 atom stereocenters. The van der Waals surface area contributed by atoms with Crippen LogP contribution in [0.4, 0.5) is 4.39 Å². The maximum atomic E-state index is 13.4. The van der Waals surface area contributed by atoms with Gasteiger partial charge in [0.15, 0.2) is 0 Å². The third kappa shape index (κ3) is 3.91. The fourth-order valence-electron chi connectivity index (χ4n) is 2.76. The zero-order valence-corrected chi connectivity index (χ0v) is 12.1. The Morgan fingerprint density at radius 1 is 1.37 bits per heavy atom. The zero-order valence-electron chi connectivity index (χ0n) is 11.3. The molecule has 1 fully saturated rings. The van der Waals surface area contributed by atoms with E-state index < -0.39 is 11.4 Å². The summed E-state index contributed by atoms with van der Waals surface area (Å²) in [4.78, 5) is 2.35. The van der Waals surface area contributed by atoms with Crippen molar-refractivity contribution >= 4 is 11.6 Å². The first-order valence-corrected chi connectivity index (χ1v) is 7.29. The normalized spacial score (nSPS) is 25.3. The van der Waals surface area contributed by atoms with Crippen molar-refractivity contribution in [3.63, 3.8) is 0 Å². The summed E-state index contributed by atoms with van der Waals surface area (Å²) in [6.07, 6.45) is 3.00. The van der Waals surface area contributed by atoms with Gasteiger partial charge in [0.25, 0.3) is 0 Å². The second kappa shape index (κ2) is 6.21. The molecule has 1 aliphatic rings. The Balaban J connectivity index is 2.05. The predicted molar refractivity (Wildman–Crippen MR) is 76.0 cm³/mol. The van der Waals surface area contributed by atoms with E-state index in [2.05, 4.69) is 11.8 Å². The lowest BCUT2D eigenvalue weighted by atomic mass is 9.88. The summed E-state index contributed by atoms with van der Waals surface area (Å²) in [7, 11) is 0. The highest BCUT2D eigenvalue weighted by atomic mass is 35.5. The summed E-state index contributed by atoms with van der Waals surface area (Å²) in [5.74, 6) is -0.411. The smallest absolute Gasteiger partial charge is 0.142 e. The van der Waals surface area contributed by atoms with Gasteiger partial charge in [-0.1, -0.05) is 24.6 Å². The number of benzene rings is 1. The molecule has 0 saturated carbocycles. The lowest BCUT2D eigenvalue weighted by molar-refractivity contribution is 0.0258. The minimum absolute atomic E-state index is 0.133. The van der Waals surface area contributed by atoms with Gasteiger partial charge in [-0.3, -0.25) is 0 Å². The van der Waals surface area contributed by atoms with Crippen molar-refractivity contribution in [1.82, 2.24) is 4.90 Å². The van der Waals surface area contributed by atoms with Crippen LogP contribution >= 0.6 is 11.6 Å². The number of nitrogens with zero attached hydrogens (tertiary/aromatic N) is 1. The predicted octanol–water partition coefficient (Wildman–Crippen LogP) is 3.26. The zero-order chi connectivity index (χ0) is 13.9. The molecule has 0 radical (unpaired) electrons. The molecule has 1 heterocycles. The Kier molecular flexibility index (Phi) is 4.82. The van der Waals surface area contributed by atoms with Crippen molar-refractivity contribution in [2.24, 2.45) is 0 Å². The molecular formula is C15H21ClFNO. The van der Waals surface area contributed by atoms with Crippen LogP contribution in [0.1, 0.15) is 31.7 Å². The highest BCUT2D eigenvalue weighted by Gasteiger charge is 2.30. The van der Waals surface area contributed by atoms with Gasteiger partial charge in [0.1, 0.15) is 5.82 Å². The van der Waals surface area contributed by atoms with Crippen molar-refractivity contribution in [1.29, 1.82) is 0 Å². The van der Waals surface area contributed by atoms with Crippen molar-refractivity contribution in [3.8, 4) is 0 Å². The third-order valence-corrected chi connectivity index (χ3v) is 4.28. The largest absolute Gasteiger partial charge is 0.389 e. The van der Waals surface area contributed by atoms with Crippen molar-refractivity contribution in [2.75, 3.05) is 19.6 Å². The number of rotatable bonds is 3. The van der Waals surface area contributed by atoms with Crippen LogP contribution < -0.4 is 0 Å². The van der Waals surface area contributed by atoms with E-state index in [0.717, 1.165) is 44.5 Å². The van der Waals surface area contributed by atoms with Gasteiger partial charge in [-0.15, -0.1) is 0 Å². The molecule has 1 N–H and O–H groups in total. The first kappa shape index (κ1) is 14.8. The van der Waals surface area contributed by atoms with Crippen molar-refractivity contribution in [3.05, 3.63) is 34.6 Å². The fourth-order valence-corrected chi connectivity index (χ4v) is 2.87. The standard InChI is InChI=1S/C15H21ClFNO/c1-2-18-8-3-6-15(19,7-9-18)11-12-4-5-13(16)14(17)10-12/h4-5,10,19H,2-3,6-9,11H2,1H3. The maximum absolute atomic E-state index is 13.4. The van der Waals surface area contributed by atoms with E-state index in [1.54, 1.807) is 12.1 Å². The molecule has 106 valence electrons. The highest BCUT2D eigenvalue weighted by molar-refractivity contribution is 6.30. The van der Waals surface area contributed by atoms with Gasteiger partial charge in [0.2, 0.25) is 0 Å². The molecule has 0 bridgehead atoms. The van der Waals surface area contributed by atoms with Crippen LogP contribution in [0, 0.1) is 5.82 Å². The topological polar surface area (TPSA) is 23.5 Å². The molecule has 0 spiro atoms. The van der Waals surface area contributed by atoms with Crippen LogP contribution in [0.2, 0.25) is 5.02 Å². The Hall–Kier alpha value is -0.640. The minimum atomic E-state index is -0.718. The molecule has 0 aliphatic carbocycles. The second-order valence-electron chi connectivity index (χ2n) is 5.44. The minimum Gasteiger partial charge on any atom is -0.389 e. The van der Waals surface area contributed by atoms with Gasteiger partial charge in [-0.25, -0.2) is 4.39 Å². The lowest BCUT2D eigenvalue weighted by Gasteiger charge is -2.27. The van der Waals surface area contributed by atoms with Crippen LogP contribution in [-0.2, 0) is 6.42 Å². The molecule has 1 aliphatic heterocycles. The summed E-state index contributed by atoms with van der Waals surface area (Å²) in [6, 6.07) is 4.79. The molecule has 1 saturated heterocycles.